The zero-order chi connectivity index (χ0) is 21.0. The Hall–Kier alpha value is -3.19. The van der Waals surface area contributed by atoms with E-state index >= 15 is 0 Å². The second-order valence-electron chi connectivity index (χ2n) is 6.91. The zero-order valence-electron chi connectivity index (χ0n) is 16.8. The predicted molar refractivity (Wildman–Crippen MR) is 110 cm³/mol. The van der Waals surface area contributed by atoms with Gasteiger partial charge in [0.05, 0.1) is 13.2 Å². The van der Waals surface area contributed by atoms with Gasteiger partial charge < -0.3 is 19.0 Å². The molecule has 30 heavy (non-hydrogen) atoms. The van der Waals surface area contributed by atoms with Gasteiger partial charge in [-0.1, -0.05) is 43.2 Å². The van der Waals surface area contributed by atoms with E-state index in [4.69, 9.17) is 13.9 Å². The molecule has 0 saturated carbocycles. The summed E-state index contributed by atoms with van der Waals surface area (Å²) < 4.78 is 16.5. The molecule has 0 fully saturated rings. The average molecular weight is 410 g/mol. The van der Waals surface area contributed by atoms with E-state index in [9.17, 15) is 9.90 Å². The van der Waals surface area contributed by atoms with Crippen molar-refractivity contribution in [2.24, 2.45) is 0 Å². The topological polar surface area (TPSA) is 94.7 Å². The first-order valence-electron chi connectivity index (χ1n) is 10.1. The van der Waals surface area contributed by atoms with Crippen LogP contribution in [-0.4, -0.2) is 27.7 Å². The third kappa shape index (κ3) is 7.33. The van der Waals surface area contributed by atoms with E-state index in [1.54, 1.807) is 24.3 Å². The van der Waals surface area contributed by atoms with Gasteiger partial charge in [-0.25, -0.2) is 0 Å². The van der Waals surface area contributed by atoms with E-state index in [1.165, 1.54) is 0 Å². The quantitative estimate of drug-likeness (QED) is 0.322. The fraction of sp³-hybridized carbons (Fsp3) is 0.348. The maximum absolute atomic E-state index is 12.2. The number of aromatic nitrogens is 2. The molecule has 1 N–H and O–H groups in total. The number of ketones is 1. The highest BCUT2D eigenvalue weighted by atomic mass is 16.5. The van der Waals surface area contributed by atoms with Crippen LogP contribution in [0.2, 0.25) is 0 Å². The van der Waals surface area contributed by atoms with E-state index in [0.29, 0.717) is 25.5 Å². The normalized spacial score (nSPS) is 10.8. The minimum Gasteiger partial charge on any atom is -0.508 e. The van der Waals surface area contributed by atoms with Crippen molar-refractivity contribution in [3.63, 3.8) is 0 Å². The maximum atomic E-state index is 12.2. The Morgan fingerprint density at radius 1 is 0.900 bits per heavy atom. The van der Waals surface area contributed by atoms with Gasteiger partial charge in [0, 0.05) is 6.42 Å². The second-order valence-corrected chi connectivity index (χ2v) is 6.91. The summed E-state index contributed by atoms with van der Waals surface area (Å²) in [5, 5.41) is 16.9. The molecule has 0 saturated heterocycles. The van der Waals surface area contributed by atoms with Crippen LogP contribution in [0.15, 0.2) is 59.0 Å². The van der Waals surface area contributed by atoms with Gasteiger partial charge in [-0.2, -0.15) is 0 Å². The summed E-state index contributed by atoms with van der Waals surface area (Å²) in [6.45, 7) is 1.23. The van der Waals surface area contributed by atoms with Gasteiger partial charge in [-0.15, -0.1) is 10.2 Å². The highest BCUT2D eigenvalue weighted by Crippen LogP contribution is 2.16. The molecule has 0 unspecified atom stereocenters. The molecule has 0 aliphatic carbocycles. The lowest BCUT2D eigenvalue weighted by molar-refractivity contribution is 0.0847. The number of hydrogen-bond acceptors (Lipinski definition) is 7. The van der Waals surface area contributed by atoms with Crippen LogP contribution < -0.4 is 4.74 Å². The van der Waals surface area contributed by atoms with Crippen molar-refractivity contribution in [2.45, 2.75) is 45.3 Å². The minimum atomic E-state index is -0.142. The van der Waals surface area contributed by atoms with Gasteiger partial charge in [-0.05, 0) is 42.7 Å². The van der Waals surface area contributed by atoms with Gasteiger partial charge in [0.2, 0.25) is 11.7 Å². The van der Waals surface area contributed by atoms with E-state index in [1.807, 2.05) is 30.3 Å². The molecule has 0 bridgehead atoms. The molecule has 3 rings (SSSR count). The first-order valence-corrected chi connectivity index (χ1v) is 10.1. The molecule has 0 radical (unpaired) electrons. The van der Waals surface area contributed by atoms with Gasteiger partial charge in [0.15, 0.2) is 0 Å². The summed E-state index contributed by atoms with van der Waals surface area (Å²) in [5.74, 6) is 1.17. The summed E-state index contributed by atoms with van der Waals surface area (Å²) in [6, 6.07) is 16.5. The fourth-order valence-electron chi connectivity index (χ4n) is 2.84. The maximum Gasteiger partial charge on any atom is 0.284 e. The molecule has 1 aromatic heterocycles. The number of aromatic hydroxyl groups is 1. The number of benzene rings is 2. The lowest BCUT2D eigenvalue weighted by atomic mass is 10.1. The van der Waals surface area contributed by atoms with Crippen LogP contribution in [0.5, 0.6) is 11.5 Å². The second kappa shape index (κ2) is 11.7. The van der Waals surface area contributed by atoms with Crippen LogP contribution >= 0.6 is 0 Å². The van der Waals surface area contributed by atoms with Crippen LogP contribution in [0.1, 0.15) is 54.2 Å². The average Bonchev–Trinajstić information content (AvgIpc) is 3.24. The summed E-state index contributed by atoms with van der Waals surface area (Å²) in [7, 11) is 0. The van der Waals surface area contributed by atoms with Crippen LogP contribution in [0.3, 0.4) is 0 Å². The number of phenols is 1. The summed E-state index contributed by atoms with van der Waals surface area (Å²) in [6.07, 6.45) is 3.93. The van der Waals surface area contributed by atoms with Crippen molar-refractivity contribution in [2.75, 3.05) is 6.61 Å². The Bertz CT molecular complexity index is 893. The molecule has 0 aliphatic heterocycles. The summed E-state index contributed by atoms with van der Waals surface area (Å²) >= 11 is 0. The molecule has 0 spiro atoms. The number of phenolic OH excluding ortho intramolecular Hbond substituents is 1. The minimum absolute atomic E-state index is 0.0453. The Kier molecular flexibility index (Phi) is 8.41. The number of carbonyl (C=O) groups excluding carboxylic acids is 1. The Morgan fingerprint density at radius 3 is 2.47 bits per heavy atom. The van der Waals surface area contributed by atoms with Gasteiger partial charge in [0.1, 0.15) is 18.1 Å². The van der Waals surface area contributed by atoms with Crippen molar-refractivity contribution in [3.8, 4) is 11.5 Å². The first-order chi connectivity index (χ1) is 14.7. The van der Waals surface area contributed by atoms with Gasteiger partial charge in [0.25, 0.3) is 5.89 Å². The highest BCUT2D eigenvalue weighted by Gasteiger charge is 2.14. The zero-order valence-corrected chi connectivity index (χ0v) is 16.8. The van der Waals surface area contributed by atoms with Crippen molar-refractivity contribution in [3.05, 3.63) is 71.9 Å². The number of carbonyl (C=O) groups is 1. The number of nitrogens with zero attached hydrogens (tertiary/aromatic N) is 2. The Balaban J connectivity index is 1.25. The summed E-state index contributed by atoms with van der Waals surface area (Å²) in [5.41, 5.74) is 1.06. The number of hydrogen-bond donors (Lipinski definition) is 1. The van der Waals surface area contributed by atoms with Gasteiger partial charge in [-0.3, -0.25) is 4.79 Å². The molecule has 7 nitrogen and oxygen atoms in total. The number of rotatable bonds is 13. The lowest BCUT2D eigenvalue weighted by Gasteiger charge is -2.05. The first kappa shape index (κ1) is 21.5. The molecular weight excluding hydrogens is 384 g/mol. The Morgan fingerprint density at radius 2 is 1.67 bits per heavy atom. The third-order valence-electron chi connectivity index (χ3n) is 4.45. The molecule has 7 heteroatoms. The van der Waals surface area contributed by atoms with E-state index in [-0.39, 0.29) is 24.0 Å². The molecular formula is C23H26N2O5. The van der Waals surface area contributed by atoms with Crippen LogP contribution in [-0.2, 0) is 18.0 Å². The number of Topliss-reactive ketones (excluding diaryl/α,β-unsaturated/α-hetero) is 1. The molecule has 0 amide bonds. The highest BCUT2D eigenvalue weighted by molar-refractivity contribution is 5.91. The molecule has 2 aromatic carbocycles. The van der Waals surface area contributed by atoms with E-state index in [0.717, 1.165) is 37.0 Å². The van der Waals surface area contributed by atoms with E-state index in [2.05, 4.69) is 10.2 Å². The standard InChI is InChI=1S/C23H26N2O5/c26-19-11-13-20(14-12-19)29-15-7-2-1-6-10-21(27)23-25-24-22(30-23)17-28-16-18-8-4-3-5-9-18/h3-5,8-9,11-14,26H,1-2,6-7,10,15-17H2. The number of ether oxygens (including phenoxy) is 2. The third-order valence-corrected chi connectivity index (χ3v) is 4.45. The van der Waals surface area contributed by atoms with Crippen molar-refractivity contribution >= 4 is 5.78 Å². The molecule has 1 heterocycles. The number of unbranched alkanes of at least 4 members (excludes halogenated alkanes) is 3. The van der Waals surface area contributed by atoms with Gasteiger partial charge >= 0.3 is 0 Å². The van der Waals surface area contributed by atoms with Crippen molar-refractivity contribution in [1.29, 1.82) is 0 Å². The summed E-state index contributed by atoms with van der Waals surface area (Å²) in [4.78, 5) is 12.2. The molecule has 0 aliphatic rings. The molecule has 158 valence electrons. The van der Waals surface area contributed by atoms with E-state index < -0.39 is 0 Å². The SMILES string of the molecule is O=C(CCCCCCOc1ccc(O)cc1)c1nnc(COCc2ccccc2)o1. The smallest absolute Gasteiger partial charge is 0.284 e. The van der Waals surface area contributed by atoms with Crippen molar-refractivity contribution < 1.29 is 23.8 Å². The monoisotopic (exact) mass is 410 g/mol. The molecule has 0 atom stereocenters. The predicted octanol–water partition coefficient (Wildman–Crippen LogP) is 4.70. The van der Waals surface area contributed by atoms with Crippen molar-refractivity contribution in [1.82, 2.24) is 10.2 Å². The van der Waals surface area contributed by atoms with Crippen LogP contribution in [0.25, 0.3) is 0 Å². The lowest BCUT2D eigenvalue weighted by Crippen LogP contribution is -2.00. The van der Waals surface area contributed by atoms with Crippen LogP contribution in [0.4, 0.5) is 0 Å². The Labute approximate surface area is 175 Å². The van der Waals surface area contributed by atoms with Crippen LogP contribution in [0, 0.1) is 0 Å². The molecule has 3 aromatic rings. The largest absolute Gasteiger partial charge is 0.508 e. The fourth-order valence-corrected chi connectivity index (χ4v) is 2.84.